The molecule has 0 aliphatic rings. The first-order valence-corrected chi connectivity index (χ1v) is 6.35. The Bertz CT molecular complexity index is 555. The van der Waals surface area contributed by atoms with Crippen LogP contribution >= 0.6 is 23.1 Å². The minimum Gasteiger partial charge on any atom is -0.478 e. The van der Waals surface area contributed by atoms with Gasteiger partial charge in [0.05, 0.1) is 5.56 Å². The van der Waals surface area contributed by atoms with E-state index in [4.69, 9.17) is 10.8 Å². The zero-order chi connectivity index (χ0) is 12.4. The Morgan fingerprint density at radius 3 is 2.88 bits per heavy atom. The summed E-state index contributed by atoms with van der Waals surface area (Å²) in [6.45, 7) is 1.78. The third-order valence-corrected chi connectivity index (χ3v) is 3.89. The number of aromatic nitrogens is 2. The molecule has 3 N–H and O–H groups in total. The molecule has 0 saturated carbocycles. The Morgan fingerprint density at radius 2 is 2.29 bits per heavy atom. The van der Waals surface area contributed by atoms with E-state index < -0.39 is 5.97 Å². The van der Waals surface area contributed by atoms with Gasteiger partial charge in [-0.1, -0.05) is 23.1 Å². The van der Waals surface area contributed by atoms with E-state index in [1.54, 1.807) is 18.5 Å². The van der Waals surface area contributed by atoms with Gasteiger partial charge < -0.3 is 10.8 Å². The van der Waals surface area contributed by atoms with Crippen LogP contribution in [-0.4, -0.2) is 21.3 Å². The van der Waals surface area contributed by atoms with E-state index in [1.165, 1.54) is 23.1 Å². The monoisotopic (exact) mass is 267 g/mol. The standard InChI is InChI=1S/C10H9N3O2S2/c1-5-2-6(17-10-13-12-4-16-10)3-7(8(5)11)9(14)15/h2-4H,11H2,1H3,(H,14,15). The molecule has 0 saturated heterocycles. The number of hydrogen-bond donors (Lipinski definition) is 2. The van der Waals surface area contributed by atoms with E-state index in [0.29, 0.717) is 5.69 Å². The molecule has 0 aliphatic carbocycles. The average Bonchev–Trinajstić information content (AvgIpc) is 2.75. The second kappa shape index (κ2) is 4.72. The van der Waals surface area contributed by atoms with Crippen LogP contribution in [0.3, 0.4) is 0 Å². The molecular formula is C10H9N3O2S2. The molecule has 5 nitrogen and oxygen atoms in total. The van der Waals surface area contributed by atoms with E-state index >= 15 is 0 Å². The smallest absolute Gasteiger partial charge is 0.337 e. The Balaban J connectivity index is 2.39. The quantitative estimate of drug-likeness (QED) is 0.829. The average molecular weight is 267 g/mol. The molecule has 2 rings (SSSR count). The highest BCUT2D eigenvalue weighted by atomic mass is 32.2. The number of hydrogen-bond acceptors (Lipinski definition) is 6. The van der Waals surface area contributed by atoms with Crippen LogP contribution in [0.5, 0.6) is 0 Å². The minimum absolute atomic E-state index is 0.122. The maximum absolute atomic E-state index is 11.0. The fourth-order valence-electron chi connectivity index (χ4n) is 1.31. The lowest BCUT2D eigenvalue weighted by molar-refractivity contribution is 0.0697. The van der Waals surface area contributed by atoms with Gasteiger partial charge in [-0.2, -0.15) is 0 Å². The van der Waals surface area contributed by atoms with E-state index in [0.717, 1.165) is 14.8 Å². The molecule has 0 amide bonds. The predicted molar refractivity (Wildman–Crippen MR) is 66.6 cm³/mol. The van der Waals surface area contributed by atoms with Gasteiger partial charge in [-0.15, -0.1) is 10.2 Å². The molecule has 88 valence electrons. The Hall–Kier alpha value is -1.60. The molecule has 0 spiro atoms. The van der Waals surface area contributed by atoms with E-state index in [2.05, 4.69) is 10.2 Å². The second-order valence-electron chi connectivity index (χ2n) is 3.31. The van der Waals surface area contributed by atoms with Crippen molar-refractivity contribution in [1.82, 2.24) is 10.2 Å². The van der Waals surface area contributed by atoms with Gasteiger partial charge in [0, 0.05) is 10.6 Å². The molecule has 0 fully saturated rings. The normalized spacial score (nSPS) is 10.4. The van der Waals surface area contributed by atoms with Gasteiger partial charge in [0.25, 0.3) is 0 Å². The topological polar surface area (TPSA) is 89.1 Å². The summed E-state index contributed by atoms with van der Waals surface area (Å²) in [6, 6.07) is 3.39. The van der Waals surface area contributed by atoms with Crippen LogP contribution in [-0.2, 0) is 0 Å². The second-order valence-corrected chi connectivity index (χ2v) is 5.47. The molecule has 1 aromatic heterocycles. The molecule has 17 heavy (non-hydrogen) atoms. The summed E-state index contributed by atoms with van der Waals surface area (Å²) in [7, 11) is 0. The van der Waals surface area contributed by atoms with Crippen LogP contribution in [0.1, 0.15) is 15.9 Å². The highest BCUT2D eigenvalue weighted by Crippen LogP contribution is 2.32. The van der Waals surface area contributed by atoms with Gasteiger partial charge in [0.15, 0.2) is 4.34 Å². The first kappa shape index (κ1) is 11.9. The van der Waals surface area contributed by atoms with Crippen LogP contribution in [0.25, 0.3) is 0 Å². The molecule has 1 heterocycles. The number of nitrogens with two attached hydrogens (primary N) is 1. The summed E-state index contributed by atoms with van der Waals surface area (Å²) in [6.07, 6.45) is 0. The molecule has 0 radical (unpaired) electrons. The van der Waals surface area contributed by atoms with Gasteiger partial charge in [-0.05, 0) is 24.6 Å². The zero-order valence-corrected chi connectivity index (χ0v) is 10.5. The molecule has 0 bridgehead atoms. The van der Waals surface area contributed by atoms with E-state index in [9.17, 15) is 4.79 Å². The third kappa shape index (κ3) is 2.56. The van der Waals surface area contributed by atoms with Crippen LogP contribution in [0, 0.1) is 6.92 Å². The van der Waals surface area contributed by atoms with Crippen molar-refractivity contribution in [3.05, 3.63) is 28.8 Å². The van der Waals surface area contributed by atoms with Crippen molar-refractivity contribution in [2.45, 2.75) is 16.2 Å². The summed E-state index contributed by atoms with van der Waals surface area (Å²) in [4.78, 5) is 11.8. The maximum atomic E-state index is 11.0. The van der Waals surface area contributed by atoms with Crippen molar-refractivity contribution >= 4 is 34.8 Å². The van der Waals surface area contributed by atoms with Crippen molar-refractivity contribution in [2.75, 3.05) is 5.73 Å². The van der Waals surface area contributed by atoms with Gasteiger partial charge in [0.2, 0.25) is 0 Å². The highest BCUT2D eigenvalue weighted by molar-refractivity contribution is 8.01. The summed E-state index contributed by atoms with van der Waals surface area (Å²) in [5, 5.41) is 16.6. The first-order valence-electron chi connectivity index (χ1n) is 4.65. The third-order valence-electron chi connectivity index (χ3n) is 2.14. The van der Waals surface area contributed by atoms with E-state index in [1.807, 2.05) is 6.07 Å². The zero-order valence-electron chi connectivity index (χ0n) is 8.88. The number of benzene rings is 1. The lowest BCUT2D eigenvalue weighted by atomic mass is 10.1. The number of aryl methyl sites for hydroxylation is 1. The van der Waals surface area contributed by atoms with Crippen LogP contribution < -0.4 is 5.73 Å². The van der Waals surface area contributed by atoms with Gasteiger partial charge in [-0.3, -0.25) is 0 Å². The molecule has 0 aliphatic heterocycles. The summed E-state index contributed by atoms with van der Waals surface area (Å²) in [5.41, 5.74) is 8.51. The largest absolute Gasteiger partial charge is 0.478 e. The van der Waals surface area contributed by atoms with Gasteiger partial charge in [0.1, 0.15) is 5.51 Å². The fourth-order valence-corrected chi connectivity index (χ4v) is 2.90. The van der Waals surface area contributed by atoms with Crippen molar-refractivity contribution < 1.29 is 9.90 Å². The van der Waals surface area contributed by atoms with Crippen LogP contribution in [0.2, 0.25) is 0 Å². The Labute approximate surface area is 106 Å². The Kier molecular flexibility index (Phi) is 3.30. The van der Waals surface area contributed by atoms with Crippen LogP contribution in [0.4, 0.5) is 5.69 Å². The number of anilines is 1. The predicted octanol–water partition coefficient (Wildman–Crippen LogP) is 2.28. The number of nitrogens with zero attached hydrogens (tertiary/aromatic N) is 2. The summed E-state index contributed by atoms with van der Waals surface area (Å²) in [5.74, 6) is -1.02. The number of carboxylic acids is 1. The lowest BCUT2D eigenvalue weighted by Gasteiger charge is -2.07. The van der Waals surface area contributed by atoms with Crippen LogP contribution in [0.15, 0.2) is 26.9 Å². The van der Waals surface area contributed by atoms with Crippen molar-refractivity contribution in [1.29, 1.82) is 0 Å². The number of carboxylic acid groups (broad SMARTS) is 1. The minimum atomic E-state index is -1.02. The molecular weight excluding hydrogens is 258 g/mol. The summed E-state index contributed by atoms with van der Waals surface area (Å²) < 4.78 is 0.769. The molecule has 1 aromatic carbocycles. The first-order chi connectivity index (χ1) is 8.08. The lowest BCUT2D eigenvalue weighted by Crippen LogP contribution is -2.04. The van der Waals surface area contributed by atoms with Crippen molar-refractivity contribution in [3.63, 3.8) is 0 Å². The molecule has 0 atom stereocenters. The van der Waals surface area contributed by atoms with Gasteiger partial charge in [-0.25, -0.2) is 4.79 Å². The van der Waals surface area contributed by atoms with Crippen molar-refractivity contribution in [2.24, 2.45) is 0 Å². The number of carbonyl (C=O) groups is 1. The fraction of sp³-hybridized carbons (Fsp3) is 0.100. The molecule has 0 unspecified atom stereocenters. The number of rotatable bonds is 3. The highest BCUT2D eigenvalue weighted by Gasteiger charge is 2.13. The Morgan fingerprint density at radius 1 is 1.53 bits per heavy atom. The maximum Gasteiger partial charge on any atom is 0.337 e. The number of nitrogen functional groups attached to an aromatic ring is 1. The SMILES string of the molecule is Cc1cc(Sc2nncs2)cc(C(=O)O)c1N. The van der Waals surface area contributed by atoms with Gasteiger partial charge >= 0.3 is 5.97 Å². The summed E-state index contributed by atoms with van der Waals surface area (Å²) >= 11 is 2.78. The van der Waals surface area contributed by atoms with Crippen molar-refractivity contribution in [3.8, 4) is 0 Å². The number of aromatic carboxylic acids is 1. The van der Waals surface area contributed by atoms with E-state index in [-0.39, 0.29) is 5.56 Å². The molecule has 7 heteroatoms. The molecule has 2 aromatic rings.